The topological polar surface area (TPSA) is 61.4 Å². The highest BCUT2D eigenvalue weighted by atomic mass is 16.5. The fourth-order valence-corrected chi connectivity index (χ4v) is 4.65. The van der Waals surface area contributed by atoms with Gasteiger partial charge in [0.25, 0.3) is 0 Å². The molecule has 180 valence electrons. The highest BCUT2D eigenvalue weighted by Crippen LogP contribution is 2.24. The Morgan fingerprint density at radius 1 is 1.00 bits per heavy atom. The van der Waals surface area contributed by atoms with Crippen molar-refractivity contribution in [2.24, 2.45) is 10.9 Å². The molecule has 0 radical (unpaired) electrons. The van der Waals surface area contributed by atoms with Gasteiger partial charge in [0, 0.05) is 45.3 Å². The number of benzene rings is 1. The highest BCUT2D eigenvalue weighted by Gasteiger charge is 2.23. The number of aliphatic imine (C=N–C) groups is 1. The van der Waals surface area contributed by atoms with Gasteiger partial charge in [-0.2, -0.15) is 0 Å². The lowest BCUT2D eigenvalue weighted by molar-refractivity contribution is 0.189. The van der Waals surface area contributed by atoms with Gasteiger partial charge in [-0.25, -0.2) is 0 Å². The van der Waals surface area contributed by atoms with Crippen molar-refractivity contribution in [2.45, 2.75) is 51.6 Å². The van der Waals surface area contributed by atoms with Crippen LogP contribution in [0.25, 0.3) is 0 Å². The summed E-state index contributed by atoms with van der Waals surface area (Å²) in [5.74, 6) is 3.51. The van der Waals surface area contributed by atoms with Gasteiger partial charge in [0.2, 0.25) is 0 Å². The second-order valence-corrected chi connectivity index (χ2v) is 9.32. The van der Waals surface area contributed by atoms with Gasteiger partial charge < -0.3 is 25.0 Å². The Hall–Kier alpha value is -1.99. The summed E-state index contributed by atoms with van der Waals surface area (Å²) >= 11 is 0. The van der Waals surface area contributed by atoms with Gasteiger partial charge in [-0.1, -0.05) is 6.92 Å². The molecule has 2 saturated heterocycles. The van der Waals surface area contributed by atoms with E-state index in [4.69, 9.17) is 9.47 Å². The second-order valence-electron chi connectivity index (χ2n) is 9.32. The molecule has 7 heteroatoms. The van der Waals surface area contributed by atoms with Crippen molar-refractivity contribution in [3.8, 4) is 11.5 Å². The lowest BCUT2D eigenvalue weighted by atomic mass is 9.99. The Morgan fingerprint density at radius 2 is 1.69 bits per heavy atom. The molecule has 0 amide bonds. The largest absolute Gasteiger partial charge is 0.497 e. The summed E-state index contributed by atoms with van der Waals surface area (Å²) in [5.41, 5.74) is 1.22. The van der Waals surface area contributed by atoms with E-state index in [2.05, 4.69) is 44.5 Å². The van der Waals surface area contributed by atoms with Crippen LogP contribution in [0.3, 0.4) is 0 Å². The zero-order valence-corrected chi connectivity index (χ0v) is 20.5. The minimum Gasteiger partial charge on any atom is -0.497 e. The second kappa shape index (κ2) is 12.9. The average Bonchev–Trinajstić information content (AvgIpc) is 3.25. The zero-order chi connectivity index (χ0) is 22.8. The van der Waals surface area contributed by atoms with Crippen LogP contribution in [-0.2, 0) is 6.54 Å². The molecule has 2 N–H and O–H groups in total. The third-order valence-corrected chi connectivity index (χ3v) is 6.72. The Kier molecular flexibility index (Phi) is 9.93. The average molecular weight is 446 g/mol. The molecule has 1 aromatic carbocycles. The zero-order valence-electron chi connectivity index (χ0n) is 20.5. The monoisotopic (exact) mass is 445 g/mol. The SMILES string of the molecule is CN=C(NCCCCN1CCC(C)CC1)NC1CCN(Cc2cc(OC)cc(OC)c2)C1. The number of guanidine groups is 1. The summed E-state index contributed by atoms with van der Waals surface area (Å²) in [4.78, 5) is 9.53. The molecule has 2 heterocycles. The van der Waals surface area contributed by atoms with Crippen molar-refractivity contribution < 1.29 is 9.47 Å². The lowest BCUT2D eigenvalue weighted by Gasteiger charge is -2.30. The van der Waals surface area contributed by atoms with Crippen LogP contribution in [0.2, 0.25) is 0 Å². The van der Waals surface area contributed by atoms with Gasteiger partial charge in [-0.15, -0.1) is 0 Å². The van der Waals surface area contributed by atoms with Crippen molar-refractivity contribution in [3.63, 3.8) is 0 Å². The van der Waals surface area contributed by atoms with Crippen molar-refractivity contribution >= 4 is 5.96 Å². The van der Waals surface area contributed by atoms with Crippen molar-refractivity contribution in [3.05, 3.63) is 23.8 Å². The van der Waals surface area contributed by atoms with Crippen LogP contribution in [0.4, 0.5) is 0 Å². The van der Waals surface area contributed by atoms with Gasteiger partial charge in [-0.05, 0) is 75.4 Å². The van der Waals surface area contributed by atoms with E-state index in [9.17, 15) is 0 Å². The molecule has 3 rings (SSSR count). The van der Waals surface area contributed by atoms with Crippen LogP contribution < -0.4 is 20.1 Å². The number of rotatable bonds is 10. The number of unbranched alkanes of at least 4 members (excludes halogenated alkanes) is 1. The molecule has 1 aromatic rings. The van der Waals surface area contributed by atoms with Crippen LogP contribution >= 0.6 is 0 Å². The Labute approximate surface area is 194 Å². The first-order chi connectivity index (χ1) is 15.6. The highest BCUT2D eigenvalue weighted by molar-refractivity contribution is 5.79. The minimum atomic E-state index is 0.420. The van der Waals surface area contributed by atoms with Crippen LogP contribution in [0, 0.1) is 5.92 Å². The Bertz CT molecular complexity index is 696. The molecule has 0 aromatic heterocycles. The number of piperidine rings is 1. The number of hydrogen-bond donors (Lipinski definition) is 2. The normalized spacial score (nSPS) is 21.0. The van der Waals surface area contributed by atoms with E-state index in [1.165, 1.54) is 50.9 Å². The first-order valence-electron chi connectivity index (χ1n) is 12.2. The third-order valence-electron chi connectivity index (χ3n) is 6.72. The molecule has 7 nitrogen and oxygen atoms in total. The molecule has 1 unspecified atom stereocenters. The predicted octanol–water partition coefficient (Wildman–Crippen LogP) is 2.96. The van der Waals surface area contributed by atoms with Crippen LogP contribution in [-0.4, -0.2) is 82.3 Å². The van der Waals surface area contributed by atoms with E-state index < -0.39 is 0 Å². The lowest BCUT2D eigenvalue weighted by Crippen LogP contribution is -2.44. The molecular formula is C25H43N5O2. The minimum absolute atomic E-state index is 0.420. The number of nitrogens with one attached hydrogen (secondary N) is 2. The number of likely N-dealkylation sites (tertiary alicyclic amines) is 2. The third kappa shape index (κ3) is 7.85. The molecule has 0 aliphatic carbocycles. The number of ether oxygens (including phenoxy) is 2. The van der Waals surface area contributed by atoms with Crippen LogP contribution in [0.15, 0.2) is 23.2 Å². The first-order valence-corrected chi connectivity index (χ1v) is 12.2. The molecule has 2 aliphatic heterocycles. The van der Waals surface area contributed by atoms with E-state index in [-0.39, 0.29) is 0 Å². The molecule has 0 bridgehead atoms. The summed E-state index contributed by atoms with van der Waals surface area (Å²) in [5, 5.41) is 7.11. The summed E-state index contributed by atoms with van der Waals surface area (Å²) < 4.78 is 10.8. The molecule has 32 heavy (non-hydrogen) atoms. The van der Waals surface area contributed by atoms with E-state index in [0.29, 0.717) is 6.04 Å². The Morgan fingerprint density at radius 3 is 2.34 bits per heavy atom. The molecule has 1 atom stereocenters. The van der Waals surface area contributed by atoms with Crippen molar-refractivity contribution in [2.75, 3.05) is 60.5 Å². The summed E-state index contributed by atoms with van der Waals surface area (Å²) in [6.07, 6.45) is 6.27. The molecule has 2 aliphatic rings. The van der Waals surface area contributed by atoms with E-state index in [1.54, 1.807) is 14.2 Å². The predicted molar refractivity (Wildman–Crippen MR) is 132 cm³/mol. The summed E-state index contributed by atoms with van der Waals surface area (Å²) in [7, 11) is 5.25. The number of nitrogens with zero attached hydrogens (tertiary/aromatic N) is 3. The fraction of sp³-hybridized carbons (Fsp3) is 0.720. The van der Waals surface area contributed by atoms with Crippen molar-refractivity contribution in [1.29, 1.82) is 0 Å². The standard InChI is InChI=1S/C25H43N5O2/c1-20-7-12-29(13-8-20)11-6-5-10-27-25(26-2)28-22-9-14-30(19-22)18-21-15-23(31-3)17-24(16-21)32-4/h15-17,20,22H,5-14,18-19H2,1-4H3,(H2,26,27,28). The van der Waals surface area contributed by atoms with E-state index in [1.807, 2.05) is 13.1 Å². The summed E-state index contributed by atoms with van der Waals surface area (Å²) in [6.45, 7) is 10.1. The maximum absolute atomic E-state index is 5.41. The van der Waals surface area contributed by atoms with Crippen LogP contribution in [0.5, 0.6) is 11.5 Å². The number of methoxy groups -OCH3 is 2. The quantitative estimate of drug-likeness (QED) is 0.328. The van der Waals surface area contributed by atoms with Gasteiger partial charge in [0.1, 0.15) is 11.5 Å². The van der Waals surface area contributed by atoms with Crippen molar-refractivity contribution in [1.82, 2.24) is 20.4 Å². The maximum atomic E-state index is 5.41. The smallest absolute Gasteiger partial charge is 0.191 e. The fourth-order valence-electron chi connectivity index (χ4n) is 4.65. The van der Waals surface area contributed by atoms with E-state index >= 15 is 0 Å². The first kappa shape index (κ1) is 24.6. The molecule has 0 spiro atoms. The molecular weight excluding hydrogens is 402 g/mol. The van der Waals surface area contributed by atoms with Gasteiger partial charge in [0.05, 0.1) is 14.2 Å². The van der Waals surface area contributed by atoms with Crippen LogP contribution in [0.1, 0.15) is 44.6 Å². The van der Waals surface area contributed by atoms with Gasteiger partial charge in [-0.3, -0.25) is 9.89 Å². The molecule has 0 saturated carbocycles. The number of hydrogen-bond acceptors (Lipinski definition) is 5. The molecule has 2 fully saturated rings. The Balaban J connectivity index is 1.34. The van der Waals surface area contributed by atoms with E-state index in [0.717, 1.165) is 56.0 Å². The maximum Gasteiger partial charge on any atom is 0.191 e. The van der Waals surface area contributed by atoms with Gasteiger partial charge >= 0.3 is 0 Å². The van der Waals surface area contributed by atoms with Gasteiger partial charge in [0.15, 0.2) is 5.96 Å². The summed E-state index contributed by atoms with van der Waals surface area (Å²) in [6, 6.07) is 6.52.